The smallest absolute Gasteiger partial charge is 0.179 e. The van der Waals surface area contributed by atoms with Gasteiger partial charge in [-0.25, -0.2) is 0 Å². The number of fused-ring (bicyclic) bond motifs is 1. The first-order valence-electron chi connectivity index (χ1n) is 6.74. The third kappa shape index (κ3) is 2.56. The van der Waals surface area contributed by atoms with E-state index in [1.807, 2.05) is 27.8 Å². The summed E-state index contributed by atoms with van der Waals surface area (Å²) in [6.45, 7) is 8.56. The average molecular weight is 258 g/mol. The van der Waals surface area contributed by atoms with Crippen LogP contribution < -0.4 is 5.32 Å². The van der Waals surface area contributed by atoms with E-state index in [-0.39, 0.29) is 5.78 Å². The maximum absolute atomic E-state index is 12.4. The molecule has 0 spiro atoms. The summed E-state index contributed by atoms with van der Waals surface area (Å²) in [4.78, 5) is 12.4. The van der Waals surface area contributed by atoms with Crippen molar-refractivity contribution in [3.8, 4) is 0 Å². The number of nitrogens with one attached hydrogen (secondary N) is 1. The molecule has 1 aromatic carbocycles. The molecule has 19 heavy (non-hydrogen) atoms. The van der Waals surface area contributed by atoms with E-state index in [1.165, 1.54) is 5.56 Å². The van der Waals surface area contributed by atoms with E-state index in [1.54, 1.807) is 0 Å². The first-order valence-corrected chi connectivity index (χ1v) is 6.74. The van der Waals surface area contributed by atoms with Gasteiger partial charge in [0.1, 0.15) is 0 Å². The Balaban J connectivity index is 2.50. The fraction of sp³-hybridized carbons (Fsp3) is 0.438. The minimum atomic E-state index is 0.169. The van der Waals surface area contributed by atoms with Gasteiger partial charge in [-0.2, -0.15) is 0 Å². The van der Waals surface area contributed by atoms with Gasteiger partial charge in [0.15, 0.2) is 5.78 Å². The second kappa shape index (κ2) is 5.17. The van der Waals surface area contributed by atoms with Crippen LogP contribution in [0.2, 0.25) is 0 Å². The van der Waals surface area contributed by atoms with Crippen LogP contribution >= 0.6 is 0 Å². The van der Waals surface area contributed by atoms with Crippen molar-refractivity contribution in [2.24, 2.45) is 7.05 Å². The van der Waals surface area contributed by atoms with E-state index in [0.29, 0.717) is 12.6 Å². The summed E-state index contributed by atoms with van der Waals surface area (Å²) < 4.78 is 2.09. The Kier molecular flexibility index (Phi) is 3.76. The van der Waals surface area contributed by atoms with Crippen molar-refractivity contribution in [1.29, 1.82) is 0 Å². The molecule has 3 nitrogen and oxygen atoms in total. The lowest BCUT2D eigenvalue weighted by Gasteiger charge is -2.07. The molecule has 0 bridgehead atoms. The number of rotatable bonds is 4. The summed E-state index contributed by atoms with van der Waals surface area (Å²) in [5.74, 6) is 0.169. The van der Waals surface area contributed by atoms with E-state index < -0.39 is 0 Å². The predicted molar refractivity (Wildman–Crippen MR) is 79.9 cm³/mol. The van der Waals surface area contributed by atoms with Gasteiger partial charge in [-0.3, -0.25) is 4.79 Å². The first kappa shape index (κ1) is 13.8. The van der Waals surface area contributed by atoms with Gasteiger partial charge in [0.05, 0.1) is 6.54 Å². The van der Waals surface area contributed by atoms with Crippen LogP contribution in [0.15, 0.2) is 18.2 Å². The van der Waals surface area contributed by atoms with Crippen LogP contribution in [0.3, 0.4) is 0 Å². The lowest BCUT2D eigenvalue weighted by atomic mass is 10.0. The highest BCUT2D eigenvalue weighted by atomic mass is 16.1. The third-order valence-corrected chi connectivity index (χ3v) is 3.60. The quantitative estimate of drug-likeness (QED) is 0.855. The molecule has 0 amide bonds. The number of aromatic nitrogens is 1. The van der Waals surface area contributed by atoms with Crippen molar-refractivity contribution in [1.82, 2.24) is 9.88 Å². The minimum absolute atomic E-state index is 0.169. The number of hydrogen-bond acceptors (Lipinski definition) is 2. The number of hydrogen-bond donors (Lipinski definition) is 1. The highest BCUT2D eigenvalue weighted by Gasteiger charge is 2.18. The number of carbonyl (C=O) groups excluding carboxylic acids is 1. The molecule has 0 aliphatic heterocycles. The Morgan fingerprint density at radius 2 is 2.00 bits per heavy atom. The Hall–Kier alpha value is -1.61. The zero-order chi connectivity index (χ0) is 14.2. The third-order valence-electron chi connectivity index (χ3n) is 3.60. The van der Waals surface area contributed by atoms with Crippen LogP contribution in [0.5, 0.6) is 0 Å². The first-order chi connectivity index (χ1) is 8.91. The molecule has 2 rings (SSSR count). The van der Waals surface area contributed by atoms with Crippen LogP contribution in [-0.2, 0) is 7.05 Å². The molecule has 1 N–H and O–H groups in total. The highest BCUT2D eigenvalue weighted by Crippen LogP contribution is 2.26. The Morgan fingerprint density at radius 3 is 2.63 bits per heavy atom. The number of nitrogens with zero attached hydrogens (tertiary/aromatic N) is 1. The molecule has 1 aromatic heterocycles. The van der Waals surface area contributed by atoms with Crippen molar-refractivity contribution in [2.75, 3.05) is 6.54 Å². The van der Waals surface area contributed by atoms with Gasteiger partial charge in [-0.1, -0.05) is 25.5 Å². The number of aryl methyl sites for hydroxylation is 2. The maximum Gasteiger partial charge on any atom is 0.179 e. The van der Waals surface area contributed by atoms with E-state index in [9.17, 15) is 4.79 Å². The Bertz CT molecular complexity index is 623. The molecular weight excluding hydrogens is 236 g/mol. The summed E-state index contributed by atoms with van der Waals surface area (Å²) in [5.41, 5.74) is 4.20. The SMILES string of the molecule is Cc1ccc2c(c1)c(C(=O)CNC(C)C)c(C)n2C. The van der Waals surface area contributed by atoms with E-state index in [2.05, 4.69) is 35.0 Å². The lowest BCUT2D eigenvalue weighted by molar-refractivity contribution is 0.0989. The molecule has 0 radical (unpaired) electrons. The van der Waals surface area contributed by atoms with Crippen LogP contribution in [0.4, 0.5) is 0 Å². The van der Waals surface area contributed by atoms with Crippen molar-refractivity contribution < 1.29 is 4.79 Å². The van der Waals surface area contributed by atoms with Crippen LogP contribution in [-0.4, -0.2) is 22.9 Å². The van der Waals surface area contributed by atoms with Crippen molar-refractivity contribution in [2.45, 2.75) is 33.7 Å². The number of carbonyl (C=O) groups is 1. The van der Waals surface area contributed by atoms with Crippen molar-refractivity contribution >= 4 is 16.7 Å². The van der Waals surface area contributed by atoms with Gasteiger partial charge in [-0.05, 0) is 26.0 Å². The molecule has 2 aromatic rings. The standard InChI is InChI=1S/C16H22N2O/c1-10(2)17-9-15(19)16-12(4)18(5)14-7-6-11(3)8-13(14)16/h6-8,10,17H,9H2,1-5H3. The molecule has 0 aliphatic carbocycles. The molecule has 3 heteroatoms. The van der Waals surface area contributed by atoms with Crippen molar-refractivity contribution in [3.05, 3.63) is 35.0 Å². The van der Waals surface area contributed by atoms with Gasteiger partial charge in [0, 0.05) is 35.2 Å². The van der Waals surface area contributed by atoms with Crippen LogP contribution in [0.1, 0.15) is 35.5 Å². The van der Waals surface area contributed by atoms with Crippen LogP contribution in [0, 0.1) is 13.8 Å². The number of benzene rings is 1. The molecule has 0 unspecified atom stereocenters. The summed E-state index contributed by atoms with van der Waals surface area (Å²) in [6, 6.07) is 6.60. The summed E-state index contributed by atoms with van der Waals surface area (Å²) >= 11 is 0. The topological polar surface area (TPSA) is 34.0 Å². The largest absolute Gasteiger partial charge is 0.347 e. The van der Waals surface area contributed by atoms with Gasteiger partial charge in [-0.15, -0.1) is 0 Å². The van der Waals surface area contributed by atoms with Gasteiger partial charge in [0.25, 0.3) is 0 Å². The maximum atomic E-state index is 12.4. The zero-order valence-electron chi connectivity index (χ0n) is 12.4. The van der Waals surface area contributed by atoms with Gasteiger partial charge < -0.3 is 9.88 Å². The minimum Gasteiger partial charge on any atom is -0.347 e. The van der Waals surface area contributed by atoms with E-state index in [0.717, 1.165) is 22.2 Å². The Morgan fingerprint density at radius 1 is 1.32 bits per heavy atom. The molecule has 0 fully saturated rings. The van der Waals surface area contributed by atoms with Gasteiger partial charge in [0.2, 0.25) is 0 Å². The number of ketones is 1. The van der Waals surface area contributed by atoms with Gasteiger partial charge >= 0.3 is 0 Å². The predicted octanol–water partition coefficient (Wildman–Crippen LogP) is 2.98. The molecule has 1 heterocycles. The second-order valence-electron chi connectivity index (χ2n) is 5.50. The molecule has 102 valence electrons. The summed E-state index contributed by atoms with van der Waals surface area (Å²) in [6.07, 6.45) is 0. The zero-order valence-corrected chi connectivity index (χ0v) is 12.4. The normalized spacial score (nSPS) is 11.5. The molecule has 0 atom stereocenters. The molecule has 0 saturated heterocycles. The summed E-state index contributed by atoms with van der Waals surface area (Å²) in [5, 5.41) is 4.27. The van der Waals surface area contributed by atoms with Crippen molar-refractivity contribution in [3.63, 3.8) is 0 Å². The molecule has 0 saturated carbocycles. The lowest BCUT2D eigenvalue weighted by Crippen LogP contribution is -2.29. The highest BCUT2D eigenvalue weighted by molar-refractivity contribution is 6.10. The fourth-order valence-corrected chi connectivity index (χ4v) is 2.42. The second-order valence-corrected chi connectivity index (χ2v) is 5.50. The number of Topliss-reactive ketones (excluding diaryl/α,β-unsaturated/α-hetero) is 1. The van der Waals surface area contributed by atoms with E-state index >= 15 is 0 Å². The Labute approximate surface area is 114 Å². The molecule has 0 aliphatic rings. The fourth-order valence-electron chi connectivity index (χ4n) is 2.42. The van der Waals surface area contributed by atoms with Crippen LogP contribution in [0.25, 0.3) is 10.9 Å². The van der Waals surface area contributed by atoms with E-state index in [4.69, 9.17) is 0 Å². The summed E-state index contributed by atoms with van der Waals surface area (Å²) in [7, 11) is 2.01. The monoisotopic (exact) mass is 258 g/mol. The average Bonchev–Trinajstić information content (AvgIpc) is 2.59. The molecular formula is C16H22N2O.